The summed E-state index contributed by atoms with van der Waals surface area (Å²) in [4.78, 5) is 14.3. The Morgan fingerprint density at radius 3 is 2.35 bits per heavy atom. The molecule has 0 aromatic rings. The smallest absolute Gasteiger partial charge is 0.139 e. The Bertz CT molecular complexity index is 241. The Labute approximate surface area is 105 Å². The van der Waals surface area contributed by atoms with Crippen molar-refractivity contribution in [1.29, 1.82) is 0 Å². The summed E-state index contributed by atoms with van der Waals surface area (Å²) in [5, 5.41) is 8.90. The first-order chi connectivity index (χ1) is 7.95. The molecule has 0 amide bonds. The van der Waals surface area contributed by atoms with Gasteiger partial charge in [0.25, 0.3) is 0 Å². The van der Waals surface area contributed by atoms with Crippen molar-refractivity contribution in [2.45, 2.75) is 58.9 Å². The molecule has 0 radical (unpaired) electrons. The molecule has 100 valence electrons. The molecule has 1 aliphatic rings. The van der Waals surface area contributed by atoms with Gasteiger partial charge in [-0.15, -0.1) is 0 Å². The van der Waals surface area contributed by atoms with Crippen molar-refractivity contribution >= 4 is 5.78 Å². The van der Waals surface area contributed by atoms with Crippen LogP contribution < -0.4 is 0 Å². The van der Waals surface area contributed by atoms with Gasteiger partial charge in [0, 0.05) is 37.6 Å². The molecule has 3 nitrogen and oxygen atoms in total. The number of carbonyl (C=O) groups excluding carboxylic acids is 1. The third-order valence-electron chi connectivity index (χ3n) is 3.66. The van der Waals surface area contributed by atoms with E-state index >= 15 is 0 Å². The molecule has 1 rings (SSSR count). The number of aliphatic hydroxyl groups is 1. The van der Waals surface area contributed by atoms with Crippen molar-refractivity contribution in [3.8, 4) is 0 Å². The molecule has 0 spiro atoms. The first-order valence-electron chi connectivity index (χ1n) is 6.83. The van der Waals surface area contributed by atoms with Crippen LogP contribution in [0.1, 0.15) is 52.9 Å². The Morgan fingerprint density at radius 2 is 1.94 bits per heavy atom. The minimum atomic E-state index is -0.220. The predicted octanol–water partition coefficient (Wildman–Crippen LogP) is 2.23. The quantitative estimate of drug-likeness (QED) is 0.743. The molecule has 1 saturated carbocycles. The highest BCUT2D eigenvalue weighted by Gasteiger charge is 2.26. The van der Waals surface area contributed by atoms with Crippen molar-refractivity contribution in [2.24, 2.45) is 5.41 Å². The number of aliphatic hydroxyl groups excluding tert-OH is 1. The van der Waals surface area contributed by atoms with Crippen molar-refractivity contribution < 1.29 is 9.90 Å². The fourth-order valence-corrected chi connectivity index (χ4v) is 2.12. The number of rotatable bonds is 7. The molecule has 3 heteroatoms. The van der Waals surface area contributed by atoms with E-state index in [1.165, 1.54) is 19.3 Å². The number of nitrogens with zero attached hydrogens (tertiary/aromatic N) is 1. The molecule has 0 heterocycles. The summed E-state index contributed by atoms with van der Waals surface area (Å²) in [6.07, 6.45) is 5.30. The fraction of sp³-hybridized carbons (Fsp3) is 0.929. The van der Waals surface area contributed by atoms with Crippen molar-refractivity contribution in [2.75, 3.05) is 19.7 Å². The second-order valence-corrected chi connectivity index (χ2v) is 6.12. The summed E-state index contributed by atoms with van der Waals surface area (Å²) in [6, 6.07) is 0.661. The minimum Gasteiger partial charge on any atom is -0.396 e. The highest BCUT2D eigenvalue weighted by molar-refractivity contribution is 5.83. The third-order valence-corrected chi connectivity index (χ3v) is 3.66. The van der Waals surface area contributed by atoms with Crippen molar-refractivity contribution in [1.82, 2.24) is 4.90 Å². The average molecular weight is 241 g/mol. The van der Waals surface area contributed by atoms with Crippen LogP contribution in [-0.2, 0) is 4.79 Å². The fourth-order valence-electron chi connectivity index (χ4n) is 2.12. The van der Waals surface area contributed by atoms with Gasteiger partial charge in [-0.05, 0) is 19.3 Å². The van der Waals surface area contributed by atoms with Crippen LogP contribution in [0.25, 0.3) is 0 Å². The molecule has 0 saturated heterocycles. The molecular weight excluding hydrogens is 214 g/mol. The van der Waals surface area contributed by atoms with Gasteiger partial charge in [-0.2, -0.15) is 0 Å². The number of carbonyl (C=O) groups is 1. The second-order valence-electron chi connectivity index (χ2n) is 6.12. The van der Waals surface area contributed by atoms with Crippen LogP contribution in [0.3, 0.4) is 0 Å². The van der Waals surface area contributed by atoms with E-state index in [2.05, 4.69) is 4.90 Å². The lowest BCUT2D eigenvalue weighted by Gasteiger charge is -2.37. The van der Waals surface area contributed by atoms with E-state index < -0.39 is 0 Å². The lowest BCUT2D eigenvalue weighted by atomic mass is 9.87. The summed E-state index contributed by atoms with van der Waals surface area (Å²) in [5.74, 6) is 0.339. The number of ketones is 1. The average Bonchev–Trinajstić information content (AvgIpc) is 2.17. The Balaban J connectivity index is 2.35. The number of hydrogen-bond donors (Lipinski definition) is 1. The Hall–Kier alpha value is -0.410. The van der Waals surface area contributed by atoms with E-state index in [4.69, 9.17) is 5.11 Å². The van der Waals surface area contributed by atoms with Gasteiger partial charge in [0.05, 0.1) is 0 Å². The maximum Gasteiger partial charge on any atom is 0.139 e. The molecule has 0 aliphatic heterocycles. The van der Waals surface area contributed by atoms with Crippen LogP contribution in [0.4, 0.5) is 0 Å². The predicted molar refractivity (Wildman–Crippen MR) is 70.0 cm³/mol. The zero-order valence-electron chi connectivity index (χ0n) is 11.5. The molecule has 0 aromatic carbocycles. The standard InChI is InChI=1S/C14H27NO2/c1-14(2,3)13(17)8-10-15(9-5-11-16)12-6-4-7-12/h12,16H,4-11H2,1-3H3. The third kappa shape index (κ3) is 4.76. The summed E-state index contributed by atoms with van der Waals surface area (Å²) >= 11 is 0. The summed E-state index contributed by atoms with van der Waals surface area (Å²) in [6.45, 7) is 7.99. The maximum atomic E-state index is 11.9. The summed E-state index contributed by atoms with van der Waals surface area (Å²) in [7, 11) is 0. The van der Waals surface area contributed by atoms with Crippen LogP contribution in [0.15, 0.2) is 0 Å². The lowest BCUT2D eigenvalue weighted by Crippen LogP contribution is -2.42. The van der Waals surface area contributed by atoms with Crippen LogP contribution in [0, 0.1) is 5.41 Å². The molecule has 0 atom stereocenters. The number of hydrogen-bond acceptors (Lipinski definition) is 3. The van der Waals surface area contributed by atoms with Gasteiger partial charge in [-0.3, -0.25) is 9.69 Å². The zero-order chi connectivity index (χ0) is 12.9. The van der Waals surface area contributed by atoms with Crippen LogP contribution in [0.5, 0.6) is 0 Å². The van der Waals surface area contributed by atoms with E-state index in [0.29, 0.717) is 18.2 Å². The van der Waals surface area contributed by atoms with Crippen molar-refractivity contribution in [3.05, 3.63) is 0 Å². The molecular formula is C14H27NO2. The van der Waals surface area contributed by atoms with Crippen LogP contribution in [-0.4, -0.2) is 41.5 Å². The molecule has 0 bridgehead atoms. The van der Waals surface area contributed by atoms with Gasteiger partial charge in [0.1, 0.15) is 5.78 Å². The van der Waals surface area contributed by atoms with Gasteiger partial charge in [-0.1, -0.05) is 27.2 Å². The maximum absolute atomic E-state index is 11.9. The first-order valence-corrected chi connectivity index (χ1v) is 6.83. The molecule has 17 heavy (non-hydrogen) atoms. The molecule has 1 fully saturated rings. The Kier molecular flexibility index (Phi) is 5.60. The topological polar surface area (TPSA) is 40.5 Å². The highest BCUT2D eigenvalue weighted by Crippen LogP contribution is 2.26. The number of Topliss-reactive ketones (excluding diaryl/α,β-unsaturated/α-hetero) is 1. The van der Waals surface area contributed by atoms with Crippen LogP contribution in [0.2, 0.25) is 0 Å². The normalized spacial score (nSPS) is 17.2. The SMILES string of the molecule is CC(C)(C)C(=O)CCN(CCCO)C1CCC1. The molecule has 1 aliphatic carbocycles. The van der Waals surface area contributed by atoms with Gasteiger partial charge in [0.2, 0.25) is 0 Å². The largest absolute Gasteiger partial charge is 0.396 e. The molecule has 1 N–H and O–H groups in total. The monoisotopic (exact) mass is 241 g/mol. The molecule has 0 unspecified atom stereocenters. The van der Waals surface area contributed by atoms with E-state index in [1.807, 2.05) is 20.8 Å². The van der Waals surface area contributed by atoms with E-state index in [1.54, 1.807) is 0 Å². The van der Waals surface area contributed by atoms with Gasteiger partial charge >= 0.3 is 0 Å². The van der Waals surface area contributed by atoms with Gasteiger partial charge in [0.15, 0.2) is 0 Å². The zero-order valence-corrected chi connectivity index (χ0v) is 11.5. The van der Waals surface area contributed by atoms with E-state index in [-0.39, 0.29) is 12.0 Å². The van der Waals surface area contributed by atoms with E-state index in [9.17, 15) is 4.79 Å². The molecule has 0 aromatic heterocycles. The van der Waals surface area contributed by atoms with Gasteiger partial charge < -0.3 is 5.11 Å². The first kappa shape index (κ1) is 14.7. The lowest BCUT2D eigenvalue weighted by molar-refractivity contribution is -0.126. The highest BCUT2D eigenvalue weighted by atomic mass is 16.3. The van der Waals surface area contributed by atoms with E-state index in [0.717, 1.165) is 19.5 Å². The van der Waals surface area contributed by atoms with Crippen LogP contribution >= 0.6 is 0 Å². The second kappa shape index (κ2) is 6.50. The van der Waals surface area contributed by atoms with Gasteiger partial charge in [-0.25, -0.2) is 0 Å². The summed E-state index contributed by atoms with van der Waals surface area (Å²) in [5.41, 5.74) is -0.220. The Morgan fingerprint density at radius 1 is 1.29 bits per heavy atom. The van der Waals surface area contributed by atoms with Crippen molar-refractivity contribution in [3.63, 3.8) is 0 Å². The minimum absolute atomic E-state index is 0.220. The summed E-state index contributed by atoms with van der Waals surface area (Å²) < 4.78 is 0.